The molecule has 2 saturated heterocycles. The van der Waals surface area contributed by atoms with Gasteiger partial charge in [-0.05, 0) is 44.7 Å². The largest absolute Gasteiger partial charge is 0.439 e. The van der Waals surface area contributed by atoms with Crippen LogP contribution in [0.25, 0.3) is 0 Å². The zero-order chi connectivity index (χ0) is 20.4. The van der Waals surface area contributed by atoms with Gasteiger partial charge in [-0.3, -0.25) is 9.59 Å². The second-order valence-corrected chi connectivity index (χ2v) is 7.74. The molecule has 7 heteroatoms. The summed E-state index contributed by atoms with van der Waals surface area (Å²) >= 11 is 0. The predicted molar refractivity (Wildman–Crippen MR) is 108 cm³/mol. The Hall–Kier alpha value is -2.96. The molecule has 1 aromatic heterocycles. The Bertz CT molecular complexity index is 930. The highest BCUT2D eigenvalue weighted by Gasteiger charge is 2.34. The summed E-state index contributed by atoms with van der Waals surface area (Å²) in [5.41, 5.74) is 1.82. The van der Waals surface area contributed by atoms with Gasteiger partial charge in [0.25, 0.3) is 0 Å². The fourth-order valence-electron chi connectivity index (χ4n) is 4.01. The fourth-order valence-corrected chi connectivity index (χ4v) is 4.01. The minimum absolute atomic E-state index is 0.0331. The number of para-hydroxylation sites is 1. The van der Waals surface area contributed by atoms with Crippen molar-refractivity contribution in [3.63, 3.8) is 0 Å². The van der Waals surface area contributed by atoms with Gasteiger partial charge in [0, 0.05) is 31.3 Å². The van der Waals surface area contributed by atoms with Crippen LogP contribution in [0.1, 0.15) is 48.8 Å². The molecule has 1 atom stereocenters. The summed E-state index contributed by atoms with van der Waals surface area (Å²) in [6.45, 7) is 5.37. The second kappa shape index (κ2) is 8.19. The summed E-state index contributed by atoms with van der Waals surface area (Å²) < 4.78 is 6.00. The summed E-state index contributed by atoms with van der Waals surface area (Å²) in [4.78, 5) is 37.5. The van der Waals surface area contributed by atoms with Crippen LogP contribution >= 0.6 is 0 Å². The van der Waals surface area contributed by atoms with Gasteiger partial charge in [-0.25, -0.2) is 4.98 Å². The quantitative estimate of drug-likeness (QED) is 0.779. The minimum atomic E-state index is -0.181. The maximum absolute atomic E-state index is 12.9. The number of hydrogen-bond acceptors (Lipinski definition) is 5. The van der Waals surface area contributed by atoms with Crippen molar-refractivity contribution in [1.82, 2.24) is 19.8 Å². The first-order valence-electron chi connectivity index (χ1n) is 10.2. The van der Waals surface area contributed by atoms with Crippen LogP contribution in [0.4, 0.5) is 0 Å². The SMILES string of the molecule is Cc1cc(Oc2ccccc2C)nc([C@H]2CCCN2C(=O)CN2CCCC2=O)n1. The number of aryl methyl sites for hydroxylation is 2. The topological polar surface area (TPSA) is 75.6 Å². The van der Waals surface area contributed by atoms with Crippen molar-refractivity contribution in [1.29, 1.82) is 0 Å². The Balaban J connectivity index is 1.53. The molecule has 2 aromatic rings. The first-order chi connectivity index (χ1) is 14.0. The standard InChI is InChI=1S/C22H26N4O3/c1-15-7-3-4-9-18(15)29-19-13-16(2)23-22(24-19)17-8-5-12-26(17)21(28)14-25-11-6-10-20(25)27/h3-4,7,9,13,17H,5-6,8,10-12,14H2,1-2H3/t17-/m1/s1. The van der Waals surface area contributed by atoms with Crippen molar-refractivity contribution in [2.75, 3.05) is 19.6 Å². The van der Waals surface area contributed by atoms with Crippen LogP contribution in [0.2, 0.25) is 0 Å². The number of carbonyl (C=O) groups is 2. The number of amides is 2. The van der Waals surface area contributed by atoms with Gasteiger partial charge in [-0.2, -0.15) is 4.98 Å². The smallest absolute Gasteiger partial charge is 0.242 e. The Morgan fingerprint density at radius 2 is 2.00 bits per heavy atom. The molecule has 2 aliphatic rings. The Labute approximate surface area is 170 Å². The van der Waals surface area contributed by atoms with Gasteiger partial charge in [0.15, 0.2) is 5.82 Å². The lowest BCUT2D eigenvalue weighted by Crippen LogP contribution is -2.40. The highest BCUT2D eigenvalue weighted by molar-refractivity contribution is 5.86. The van der Waals surface area contributed by atoms with E-state index >= 15 is 0 Å². The van der Waals surface area contributed by atoms with E-state index < -0.39 is 0 Å². The number of rotatable bonds is 5. The molecule has 2 fully saturated rings. The van der Waals surface area contributed by atoms with Crippen LogP contribution < -0.4 is 4.74 Å². The fraction of sp³-hybridized carbons (Fsp3) is 0.455. The Morgan fingerprint density at radius 3 is 2.76 bits per heavy atom. The summed E-state index contributed by atoms with van der Waals surface area (Å²) in [5.74, 6) is 1.87. The lowest BCUT2D eigenvalue weighted by molar-refractivity contribution is -0.139. The Morgan fingerprint density at radius 1 is 1.17 bits per heavy atom. The first kappa shape index (κ1) is 19.4. The van der Waals surface area contributed by atoms with Crippen LogP contribution in [-0.2, 0) is 9.59 Å². The first-order valence-corrected chi connectivity index (χ1v) is 10.2. The molecule has 2 aliphatic heterocycles. The molecular formula is C22H26N4O3. The van der Waals surface area contributed by atoms with Gasteiger partial charge in [0.1, 0.15) is 5.75 Å². The molecule has 3 heterocycles. The Kier molecular flexibility index (Phi) is 5.47. The number of benzene rings is 1. The van der Waals surface area contributed by atoms with E-state index in [1.165, 1.54) is 0 Å². The van der Waals surface area contributed by atoms with Gasteiger partial charge in [-0.1, -0.05) is 18.2 Å². The summed E-state index contributed by atoms with van der Waals surface area (Å²) in [6.07, 6.45) is 3.08. The van der Waals surface area contributed by atoms with E-state index in [4.69, 9.17) is 4.74 Å². The highest BCUT2D eigenvalue weighted by Crippen LogP contribution is 2.32. The van der Waals surface area contributed by atoms with Crippen molar-refractivity contribution in [2.45, 2.75) is 45.6 Å². The van der Waals surface area contributed by atoms with Crippen LogP contribution in [0.5, 0.6) is 11.6 Å². The third kappa shape index (κ3) is 4.23. The molecule has 0 saturated carbocycles. The van der Waals surface area contributed by atoms with Crippen molar-refractivity contribution < 1.29 is 14.3 Å². The van der Waals surface area contributed by atoms with E-state index in [2.05, 4.69) is 9.97 Å². The lowest BCUT2D eigenvalue weighted by atomic mass is 10.2. The van der Waals surface area contributed by atoms with E-state index in [9.17, 15) is 9.59 Å². The molecule has 0 unspecified atom stereocenters. The van der Waals surface area contributed by atoms with Gasteiger partial charge in [0.05, 0.1) is 12.6 Å². The van der Waals surface area contributed by atoms with E-state index in [0.717, 1.165) is 36.3 Å². The maximum atomic E-state index is 12.9. The zero-order valence-electron chi connectivity index (χ0n) is 16.9. The van der Waals surface area contributed by atoms with Crippen LogP contribution in [0.15, 0.2) is 30.3 Å². The molecule has 0 spiro atoms. The summed E-state index contributed by atoms with van der Waals surface area (Å²) in [6, 6.07) is 9.41. The second-order valence-electron chi connectivity index (χ2n) is 7.74. The highest BCUT2D eigenvalue weighted by atomic mass is 16.5. The van der Waals surface area contributed by atoms with Crippen molar-refractivity contribution in [3.05, 3.63) is 47.4 Å². The van der Waals surface area contributed by atoms with E-state index in [1.807, 2.05) is 43.0 Å². The number of nitrogens with zero attached hydrogens (tertiary/aromatic N) is 4. The number of carbonyl (C=O) groups excluding carboxylic acids is 2. The normalized spacial score (nSPS) is 19.1. The number of hydrogen-bond donors (Lipinski definition) is 0. The molecular weight excluding hydrogens is 368 g/mol. The molecule has 4 rings (SSSR count). The molecule has 152 valence electrons. The van der Waals surface area contributed by atoms with E-state index in [1.54, 1.807) is 11.0 Å². The molecule has 0 radical (unpaired) electrons. The average molecular weight is 394 g/mol. The number of ether oxygens (including phenoxy) is 1. The molecule has 7 nitrogen and oxygen atoms in total. The van der Waals surface area contributed by atoms with Gasteiger partial charge in [-0.15, -0.1) is 0 Å². The third-order valence-electron chi connectivity index (χ3n) is 5.52. The molecule has 2 amide bonds. The third-order valence-corrected chi connectivity index (χ3v) is 5.52. The minimum Gasteiger partial charge on any atom is -0.439 e. The monoisotopic (exact) mass is 394 g/mol. The van der Waals surface area contributed by atoms with Gasteiger partial charge < -0.3 is 14.5 Å². The van der Waals surface area contributed by atoms with Crippen LogP contribution in [0, 0.1) is 13.8 Å². The van der Waals surface area contributed by atoms with Crippen LogP contribution in [0.3, 0.4) is 0 Å². The van der Waals surface area contributed by atoms with Crippen molar-refractivity contribution in [2.24, 2.45) is 0 Å². The molecule has 29 heavy (non-hydrogen) atoms. The van der Waals surface area contributed by atoms with Crippen molar-refractivity contribution >= 4 is 11.8 Å². The number of aromatic nitrogens is 2. The summed E-state index contributed by atoms with van der Waals surface area (Å²) in [7, 11) is 0. The zero-order valence-corrected chi connectivity index (χ0v) is 16.9. The predicted octanol–water partition coefficient (Wildman–Crippen LogP) is 3.17. The number of likely N-dealkylation sites (tertiary alicyclic amines) is 2. The van der Waals surface area contributed by atoms with Gasteiger partial charge >= 0.3 is 0 Å². The molecule has 0 aliphatic carbocycles. The van der Waals surface area contributed by atoms with Gasteiger partial charge in [0.2, 0.25) is 17.7 Å². The molecule has 0 N–H and O–H groups in total. The lowest BCUT2D eigenvalue weighted by Gasteiger charge is -2.26. The van der Waals surface area contributed by atoms with Crippen LogP contribution in [-0.4, -0.2) is 51.2 Å². The maximum Gasteiger partial charge on any atom is 0.242 e. The molecule has 1 aromatic carbocycles. The van der Waals surface area contributed by atoms with E-state index in [0.29, 0.717) is 31.2 Å². The average Bonchev–Trinajstić information content (AvgIpc) is 3.33. The van der Waals surface area contributed by atoms with Crippen molar-refractivity contribution in [3.8, 4) is 11.6 Å². The summed E-state index contributed by atoms with van der Waals surface area (Å²) in [5, 5.41) is 0. The molecule has 0 bridgehead atoms. The van der Waals surface area contributed by atoms with E-state index in [-0.39, 0.29) is 24.4 Å².